The molecule has 1 fully saturated rings. The average Bonchev–Trinajstić information content (AvgIpc) is 3.16. The Balaban J connectivity index is 1.47. The Bertz CT molecular complexity index is 855. The van der Waals surface area contributed by atoms with E-state index in [9.17, 15) is 0 Å². The van der Waals surface area contributed by atoms with E-state index in [-0.39, 0.29) is 0 Å². The molecule has 3 heterocycles. The largest absolute Gasteiger partial charge is 0.497 e. The standard InChI is InChI=1S/C18H22N6O/c1-13(14-4-3-5-15(10-14)25-2)23-6-8-24(9-7-23)18-16-17(20-11-19-16)21-12-22-18/h3-5,10-13H,6-9H2,1-2H3,(H,19,20,21,22). The summed E-state index contributed by atoms with van der Waals surface area (Å²) < 4.78 is 5.35. The van der Waals surface area contributed by atoms with Crippen LogP contribution in [0.4, 0.5) is 5.82 Å². The van der Waals surface area contributed by atoms with Crippen LogP contribution in [-0.4, -0.2) is 58.1 Å². The normalized spacial score (nSPS) is 17.0. The molecule has 0 radical (unpaired) electrons. The van der Waals surface area contributed by atoms with Gasteiger partial charge in [-0.1, -0.05) is 12.1 Å². The fraction of sp³-hybridized carbons (Fsp3) is 0.389. The summed E-state index contributed by atoms with van der Waals surface area (Å²) in [5, 5.41) is 0. The number of nitrogens with one attached hydrogen (secondary N) is 1. The average molecular weight is 338 g/mol. The molecule has 0 aliphatic carbocycles. The fourth-order valence-electron chi connectivity index (χ4n) is 3.43. The van der Waals surface area contributed by atoms with Gasteiger partial charge in [0.05, 0.1) is 13.4 Å². The molecule has 0 bridgehead atoms. The van der Waals surface area contributed by atoms with E-state index < -0.39 is 0 Å². The summed E-state index contributed by atoms with van der Waals surface area (Å²) in [6.07, 6.45) is 3.26. The van der Waals surface area contributed by atoms with Gasteiger partial charge in [-0.2, -0.15) is 0 Å². The quantitative estimate of drug-likeness (QED) is 0.787. The monoisotopic (exact) mass is 338 g/mol. The number of rotatable bonds is 4. The topological polar surface area (TPSA) is 70.2 Å². The number of hydrogen-bond acceptors (Lipinski definition) is 6. The molecule has 7 nitrogen and oxygen atoms in total. The fourth-order valence-corrected chi connectivity index (χ4v) is 3.43. The van der Waals surface area contributed by atoms with E-state index in [0.29, 0.717) is 6.04 Å². The number of piperazine rings is 1. The van der Waals surface area contributed by atoms with Crippen molar-refractivity contribution in [3.63, 3.8) is 0 Å². The second-order valence-corrected chi connectivity index (χ2v) is 6.27. The van der Waals surface area contributed by atoms with Gasteiger partial charge in [-0.3, -0.25) is 4.90 Å². The van der Waals surface area contributed by atoms with Gasteiger partial charge < -0.3 is 14.6 Å². The van der Waals surface area contributed by atoms with Gasteiger partial charge in [0, 0.05) is 32.2 Å². The van der Waals surface area contributed by atoms with Crippen LogP contribution in [0, 0.1) is 0 Å². The second-order valence-electron chi connectivity index (χ2n) is 6.27. The number of fused-ring (bicyclic) bond motifs is 1. The van der Waals surface area contributed by atoms with Gasteiger partial charge in [0.2, 0.25) is 0 Å². The number of aromatic amines is 1. The van der Waals surface area contributed by atoms with Crippen molar-refractivity contribution in [2.24, 2.45) is 0 Å². The number of aromatic nitrogens is 4. The van der Waals surface area contributed by atoms with Crippen molar-refractivity contribution in [2.45, 2.75) is 13.0 Å². The number of H-pyrrole nitrogens is 1. The number of benzene rings is 1. The van der Waals surface area contributed by atoms with E-state index in [1.54, 1.807) is 19.8 Å². The van der Waals surface area contributed by atoms with Crippen LogP contribution >= 0.6 is 0 Å². The van der Waals surface area contributed by atoms with Gasteiger partial charge in [-0.25, -0.2) is 15.0 Å². The highest BCUT2D eigenvalue weighted by atomic mass is 16.5. The molecule has 3 aromatic rings. The summed E-state index contributed by atoms with van der Waals surface area (Å²) in [7, 11) is 1.71. The van der Waals surface area contributed by atoms with Crippen LogP contribution in [0.1, 0.15) is 18.5 Å². The summed E-state index contributed by atoms with van der Waals surface area (Å²) in [6, 6.07) is 8.68. The molecule has 1 saturated heterocycles. The summed E-state index contributed by atoms with van der Waals surface area (Å²) in [5.41, 5.74) is 2.92. The number of ether oxygens (including phenoxy) is 1. The van der Waals surface area contributed by atoms with Crippen molar-refractivity contribution >= 4 is 17.0 Å². The Morgan fingerprint density at radius 2 is 1.96 bits per heavy atom. The minimum absolute atomic E-state index is 0.356. The SMILES string of the molecule is COc1cccc(C(C)N2CCN(c3ncnc4nc[nH]c34)CC2)c1. The highest BCUT2D eigenvalue weighted by Gasteiger charge is 2.24. The number of methoxy groups -OCH3 is 1. The summed E-state index contributed by atoms with van der Waals surface area (Å²) >= 11 is 0. The highest BCUT2D eigenvalue weighted by molar-refractivity contribution is 5.82. The lowest BCUT2D eigenvalue weighted by Crippen LogP contribution is -2.47. The number of imidazole rings is 1. The van der Waals surface area contributed by atoms with Crippen LogP contribution in [-0.2, 0) is 0 Å². The summed E-state index contributed by atoms with van der Waals surface area (Å²) in [5.74, 6) is 1.85. The molecular weight excluding hydrogens is 316 g/mol. The Morgan fingerprint density at radius 3 is 2.76 bits per heavy atom. The summed E-state index contributed by atoms with van der Waals surface area (Å²) in [6.45, 7) is 6.08. The minimum Gasteiger partial charge on any atom is -0.497 e. The minimum atomic E-state index is 0.356. The van der Waals surface area contributed by atoms with Gasteiger partial charge in [0.25, 0.3) is 0 Å². The Morgan fingerprint density at radius 1 is 1.12 bits per heavy atom. The highest BCUT2D eigenvalue weighted by Crippen LogP contribution is 2.27. The third-order valence-corrected chi connectivity index (χ3v) is 4.94. The van der Waals surface area contributed by atoms with Crippen LogP contribution in [0.2, 0.25) is 0 Å². The van der Waals surface area contributed by atoms with Gasteiger partial charge >= 0.3 is 0 Å². The van der Waals surface area contributed by atoms with E-state index in [1.807, 2.05) is 6.07 Å². The zero-order chi connectivity index (χ0) is 17.2. The van der Waals surface area contributed by atoms with E-state index in [0.717, 1.165) is 48.9 Å². The molecule has 7 heteroatoms. The van der Waals surface area contributed by atoms with E-state index >= 15 is 0 Å². The molecular formula is C18H22N6O. The Labute approximate surface area is 146 Å². The van der Waals surface area contributed by atoms with Gasteiger partial charge in [0.1, 0.15) is 17.6 Å². The molecule has 0 amide bonds. The van der Waals surface area contributed by atoms with Crippen LogP contribution in [0.15, 0.2) is 36.9 Å². The zero-order valence-corrected chi connectivity index (χ0v) is 14.5. The number of nitrogens with zero attached hydrogens (tertiary/aromatic N) is 5. The third kappa shape index (κ3) is 3.02. The lowest BCUT2D eigenvalue weighted by Gasteiger charge is -2.38. The third-order valence-electron chi connectivity index (χ3n) is 4.94. The first-order valence-corrected chi connectivity index (χ1v) is 8.53. The smallest absolute Gasteiger partial charge is 0.182 e. The number of anilines is 1. The van der Waals surface area contributed by atoms with Crippen molar-refractivity contribution in [3.8, 4) is 5.75 Å². The maximum atomic E-state index is 5.35. The van der Waals surface area contributed by atoms with Crippen LogP contribution in [0.5, 0.6) is 5.75 Å². The molecule has 1 atom stereocenters. The van der Waals surface area contributed by atoms with Crippen molar-refractivity contribution in [3.05, 3.63) is 42.5 Å². The maximum Gasteiger partial charge on any atom is 0.182 e. The van der Waals surface area contributed by atoms with Gasteiger partial charge in [-0.05, 0) is 24.6 Å². The van der Waals surface area contributed by atoms with E-state index in [2.05, 4.69) is 54.9 Å². The predicted octanol–water partition coefficient (Wildman–Crippen LogP) is 2.24. The van der Waals surface area contributed by atoms with Crippen molar-refractivity contribution in [1.29, 1.82) is 0 Å². The second kappa shape index (κ2) is 6.68. The maximum absolute atomic E-state index is 5.35. The lowest BCUT2D eigenvalue weighted by molar-refractivity contribution is 0.198. The van der Waals surface area contributed by atoms with Crippen molar-refractivity contribution < 1.29 is 4.74 Å². The first kappa shape index (κ1) is 15.8. The Hall–Kier alpha value is -2.67. The Kier molecular flexibility index (Phi) is 4.23. The summed E-state index contributed by atoms with van der Waals surface area (Å²) in [4.78, 5) is 20.8. The molecule has 4 rings (SSSR count). The molecule has 1 N–H and O–H groups in total. The molecule has 1 aliphatic heterocycles. The first-order valence-electron chi connectivity index (χ1n) is 8.53. The molecule has 25 heavy (non-hydrogen) atoms. The molecule has 1 aromatic carbocycles. The van der Waals surface area contributed by atoms with Crippen LogP contribution < -0.4 is 9.64 Å². The molecule has 2 aromatic heterocycles. The number of hydrogen-bond donors (Lipinski definition) is 1. The predicted molar refractivity (Wildman–Crippen MR) is 96.9 cm³/mol. The van der Waals surface area contributed by atoms with E-state index in [1.165, 1.54) is 5.56 Å². The molecule has 0 spiro atoms. The van der Waals surface area contributed by atoms with Gasteiger partial charge in [-0.15, -0.1) is 0 Å². The van der Waals surface area contributed by atoms with Gasteiger partial charge in [0.15, 0.2) is 11.5 Å². The van der Waals surface area contributed by atoms with Crippen LogP contribution in [0.25, 0.3) is 11.2 Å². The molecule has 130 valence electrons. The lowest BCUT2D eigenvalue weighted by atomic mass is 10.1. The van der Waals surface area contributed by atoms with Crippen molar-refractivity contribution in [2.75, 3.05) is 38.2 Å². The zero-order valence-electron chi connectivity index (χ0n) is 14.5. The van der Waals surface area contributed by atoms with Crippen LogP contribution in [0.3, 0.4) is 0 Å². The molecule has 0 saturated carbocycles. The molecule has 1 unspecified atom stereocenters. The first-order chi connectivity index (χ1) is 12.3. The van der Waals surface area contributed by atoms with Crippen molar-refractivity contribution in [1.82, 2.24) is 24.8 Å². The van der Waals surface area contributed by atoms with E-state index in [4.69, 9.17) is 4.74 Å². The molecule has 1 aliphatic rings.